The molecule has 1 aromatic carbocycles. The summed E-state index contributed by atoms with van der Waals surface area (Å²) in [6.07, 6.45) is 1.70. The van der Waals surface area contributed by atoms with Crippen LogP contribution >= 0.6 is 11.3 Å². The summed E-state index contributed by atoms with van der Waals surface area (Å²) in [6, 6.07) is 3.15. The molecule has 1 saturated heterocycles. The van der Waals surface area contributed by atoms with Gasteiger partial charge in [-0.1, -0.05) is 31.3 Å². The van der Waals surface area contributed by atoms with Crippen molar-refractivity contribution >= 4 is 38.1 Å². The van der Waals surface area contributed by atoms with E-state index in [4.69, 9.17) is 5.73 Å². The zero-order chi connectivity index (χ0) is 27.9. The number of nitrogens with two attached hydrogens (primary N) is 1. The van der Waals surface area contributed by atoms with Crippen LogP contribution in [0.2, 0.25) is 0 Å². The number of halogens is 2. The first kappa shape index (κ1) is 30.4. The van der Waals surface area contributed by atoms with Crippen molar-refractivity contribution in [2.45, 2.75) is 39.2 Å². The molecule has 0 radical (unpaired) electrons. The van der Waals surface area contributed by atoms with E-state index in [0.29, 0.717) is 37.5 Å². The van der Waals surface area contributed by atoms with Gasteiger partial charge in [-0.3, -0.25) is 4.79 Å². The molecule has 1 aliphatic rings. The Kier molecular flexibility index (Phi) is 11.0. The van der Waals surface area contributed by atoms with Crippen molar-refractivity contribution in [3.05, 3.63) is 40.3 Å². The molecule has 0 unspecified atom stereocenters. The number of ketones is 1. The van der Waals surface area contributed by atoms with Crippen LogP contribution in [-0.4, -0.2) is 97.9 Å². The number of benzene rings is 1. The number of rotatable bonds is 14. The van der Waals surface area contributed by atoms with Crippen LogP contribution in [0.1, 0.15) is 48.3 Å². The van der Waals surface area contributed by atoms with Crippen molar-refractivity contribution in [3.63, 3.8) is 0 Å². The summed E-state index contributed by atoms with van der Waals surface area (Å²) < 4.78 is 55.3. The van der Waals surface area contributed by atoms with Gasteiger partial charge in [0.15, 0.2) is 5.13 Å². The smallest absolute Gasteiger partial charge is 0.214 e. The number of aromatic nitrogens is 1. The Morgan fingerprint density at radius 2 is 1.79 bits per heavy atom. The number of nitrogen functional groups attached to an aromatic ring is 1. The van der Waals surface area contributed by atoms with E-state index in [0.717, 1.165) is 56.2 Å². The van der Waals surface area contributed by atoms with Crippen LogP contribution in [0.5, 0.6) is 0 Å². The Morgan fingerprint density at radius 1 is 1.16 bits per heavy atom. The lowest BCUT2D eigenvalue weighted by Gasteiger charge is -2.31. The molecule has 1 aromatic heterocycles. The van der Waals surface area contributed by atoms with E-state index in [1.165, 1.54) is 10.4 Å². The number of piperidine rings is 1. The third-order valence-electron chi connectivity index (χ3n) is 6.86. The summed E-state index contributed by atoms with van der Waals surface area (Å²) in [5, 5.41) is 3.55. The molecule has 0 amide bonds. The number of nitrogens with one attached hydrogen (secondary N) is 1. The lowest BCUT2D eigenvalue weighted by atomic mass is 10.1. The second-order valence-corrected chi connectivity index (χ2v) is 12.6. The van der Waals surface area contributed by atoms with Crippen molar-refractivity contribution < 1.29 is 22.0 Å². The number of thiazole rings is 1. The zero-order valence-electron chi connectivity index (χ0n) is 22.3. The van der Waals surface area contributed by atoms with Gasteiger partial charge in [-0.05, 0) is 58.1 Å². The number of hydrogen-bond acceptors (Lipinski definition) is 9. The minimum atomic E-state index is -3.35. The number of sulfonamides is 1. The van der Waals surface area contributed by atoms with Crippen LogP contribution < -0.4 is 11.1 Å². The maximum Gasteiger partial charge on any atom is 0.214 e. The fourth-order valence-electron chi connectivity index (χ4n) is 4.45. The average molecular weight is 573 g/mol. The normalized spacial score (nSPS) is 15.4. The minimum Gasteiger partial charge on any atom is -0.382 e. The maximum atomic E-state index is 14.0. The number of carbonyl (C=O) groups is 1. The summed E-state index contributed by atoms with van der Waals surface area (Å²) in [7, 11) is -1.33. The zero-order valence-corrected chi connectivity index (χ0v) is 23.9. The molecular formula is C25H38F2N6O3S2. The van der Waals surface area contributed by atoms with E-state index in [-0.39, 0.29) is 22.5 Å². The molecule has 0 bridgehead atoms. The van der Waals surface area contributed by atoms with Gasteiger partial charge in [0.1, 0.15) is 22.3 Å². The fraction of sp³-hybridized carbons (Fsp3) is 0.600. The standard InChI is InChI=1S/C25H38F2N6O3S2/c1-4-32(5-2)16-15-31(3)12-7-17-38(35,36)33-13-10-18(11-14-33)29-25-30-24(28)23(37-25)22(34)21-19(26)8-6-9-20(21)27/h6,8-9,18H,4-5,7,10-17,28H2,1-3H3,(H,29,30). The Morgan fingerprint density at radius 3 is 2.39 bits per heavy atom. The Labute approximate surface area is 228 Å². The SMILES string of the molecule is CCN(CC)CCN(C)CCCS(=O)(=O)N1CCC(Nc2nc(N)c(C(=O)c3c(F)cccc3F)s2)CC1. The number of nitrogens with zero attached hydrogens (tertiary/aromatic N) is 4. The van der Waals surface area contributed by atoms with Gasteiger partial charge in [-0.15, -0.1) is 0 Å². The highest BCUT2D eigenvalue weighted by Gasteiger charge is 2.29. The van der Waals surface area contributed by atoms with Gasteiger partial charge in [0.05, 0.1) is 11.3 Å². The van der Waals surface area contributed by atoms with Crippen LogP contribution in [0.4, 0.5) is 19.7 Å². The highest BCUT2D eigenvalue weighted by Crippen LogP contribution is 2.30. The first-order valence-corrected chi connectivity index (χ1v) is 15.4. The van der Waals surface area contributed by atoms with Crippen molar-refractivity contribution in [1.29, 1.82) is 0 Å². The van der Waals surface area contributed by atoms with Crippen LogP contribution in [0.25, 0.3) is 0 Å². The highest BCUT2D eigenvalue weighted by molar-refractivity contribution is 7.89. The van der Waals surface area contributed by atoms with E-state index in [1.54, 1.807) is 0 Å². The third kappa shape index (κ3) is 7.92. The topological polar surface area (TPSA) is 112 Å². The minimum absolute atomic E-state index is 0.0430. The lowest BCUT2D eigenvalue weighted by molar-refractivity contribution is 0.103. The molecule has 0 saturated carbocycles. The molecule has 1 fully saturated rings. The monoisotopic (exact) mass is 572 g/mol. The van der Waals surface area contributed by atoms with Gasteiger partial charge in [-0.25, -0.2) is 26.5 Å². The Balaban J connectivity index is 1.48. The molecule has 1 aliphatic heterocycles. The van der Waals surface area contributed by atoms with Crippen molar-refractivity contribution in [2.24, 2.45) is 0 Å². The fourth-order valence-corrected chi connectivity index (χ4v) is 6.87. The first-order chi connectivity index (χ1) is 18.1. The van der Waals surface area contributed by atoms with E-state index >= 15 is 0 Å². The molecule has 2 aromatic rings. The second kappa shape index (κ2) is 13.7. The third-order valence-corrected chi connectivity index (χ3v) is 9.82. The van der Waals surface area contributed by atoms with Crippen LogP contribution in [0.3, 0.4) is 0 Å². The molecule has 3 rings (SSSR count). The summed E-state index contributed by atoms with van der Waals surface area (Å²) >= 11 is 0.932. The number of anilines is 2. The molecule has 2 heterocycles. The predicted octanol–water partition coefficient (Wildman–Crippen LogP) is 3.10. The van der Waals surface area contributed by atoms with Gasteiger partial charge in [0.2, 0.25) is 15.8 Å². The lowest BCUT2D eigenvalue weighted by Crippen LogP contribution is -2.43. The van der Waals surface area contributed by atoms with Crippen molar-refractivity contribution in [2.75, 3.05) is 69.7 Å². The molecule has 0 spiro atoms. The van der Waals surface area contributed by atoms with Gasteiger partial charge in [0, 0.05) is 32.2 Å². The van der Waals surface area contributed by atoms with Gasteiger partial charge >= 0.3 is 0 Å². The summed E-state index contributed by atoms with van der Waals surface area (Å²) in [4.78, 5) is 21.3. The van der Waals surface area contributed by atoms with Gasteiger partial charge in [0.25, 0.3) is 0 Å². The summed E-state index contributed by atoms with van der Waals surface area (Å²) in [6.45, 7) is 9.64. The number of likely N-dealkylation sites (N-methyl/N-ethyl adjacent to an activating group) is 2. The first-order valence-electron chi connectivity index (χ1n) is 13.0. The highest BCUT2D eigenvalue weighted by atomic mass is 32.2. The summed E-state index contributed by atoms with van der Waals surface area (Å²) in [5.74, 6) is -2.77. The van der Waals surface area contributed by atoms with E-state index in [9.17, 15) is 22.0 Å². The average Bonchev–Trinajstić information content (AvgIpc) is 3.24. The van der Waals surface area contributed by atoms with Crippen LogP contribution in [0, 0.1) is 11.6 Å². The quantitative estimate of drug-likeness (QED) is 0.332. The molecule has 212 valence electrons. The largest absolute Gasteiger partial charge is 0.382 e. The molecule has 3 N–H and O–H groups in total. The van der Waals surface area contributed by atoms with Crippen molar-refractivity contribution in [3.8, 4) is 0 Å². The molecule has 38 heavy (non-hydrogen) atoms. The van der Waals surface area contributed by atoms with Crippen LogP contribution in [0.15, 0.2) is 18.2 Å². The van der Waals surface area contributed by atoms with E-state index in [1.807, 2.05) is 7.05 Å². The number of carbonyl (C=O) groups excluding carboxylic acids is 1. The predicted molar refractivity (Wildman–Crippen MR) is 148 cm³/mol. The molecular weight excluding hydrogens is 534 g/mol. The Hall–Kier alpha value is -2.19. The molecule has 0 aliphatic carbocycles. The maximum absolute atomic E-state index is 14.0. The van der Waals surface area contributed by atoms with Crippen LogP contribution in [-0.2, 0) is 10.0 Å². The Bertz CT molecular complexity index is 1160. The van der Waals surface area contributed by atoms with E-state index < -0.39 is 33.0 Å². The van der Waals surface area contributed by atoms with Gasteiger partial charge in [-0.2, -0.15) is 0 Å². The molecule has 9 nitrogen and oxygen atoms in total. The van der Waals surface area contributed by atoms with Gasteiger partial charge < -0.3 is 20.9 Å². The summed E-state index contributed by atoms with van der Waals surface area (Å²) in [5.41, 5.74) is 5.22. The van der Waals surface area contributed by atoms with E-state index in [2.05, 4.69) is 33.9 Å². The number of hydrogen-bond donors (Lipinski definition) is 2. The molecule has 0 atom stereocenters. The van der Waals surface area contributed by atoms with Crippen molar-refractivity contribution in [1.82, 2.24) is 19.1 Å². The second-order valence-electron chi connectivity index (χ2n) is 9.48. The molecule has 13 heteroatoms.